The number of carbonyl (C=O) groups is 2. The number of esters is 1. The van der Waals surface area contributed by atoms with Crippen molar-refractivity contribution in [3.63, 3.8) is 0 Å². The minimum atomic E-state index is -0.334. The van der Waals surface area contributed by atoms with E-state index in [9.17, 15) is 9.59 Å². The van der Waals surface area contributed by atoms with Gasteiger partial charge in [-0.25, -0.2) is 0 Å². The largest absolute Gasteiger partial charge is 0.464 e. The lowest BCUT2D eigenvalue weighted by atomic mass is 10.3. The molecule has 0 atom stereocenters. The Hall–Kier alpha value is -1.32. The number of nitrogens with zero attached hydrogens (tertiary/aromatic N) is 1. The highest BCUT2D eigenvalue weighted by Gasteiger charge is 2.13. The quantitative estimate of drug-likeness (QED) is 0.489. The van der Waals surface area contributed by atoms with Crippen molar-refractivity contribution in [3.8, 4) is 0 Å². The predicted octanol–water partition coefficient (Wildman–Crippen LogP) is 0.972. The van der Waals surface area contributed by atoms with Crippen molar-refractivity contribution < 1.29 is 14.3 Å². The molecule has 0 unspecified atom stereocenters. The zero-order chi connectivity index (χ0) is 11.1. The van der Waals surface area contributed by atoms with Gasteiger partial charge in [0.25, 0.3) is 0 Å². The maximum Gasteiger partial charge on any atom is 0.302 e. The molecule has 0 N–H and O–H groups in total. The van der Waals surface area contributed by atoms with Gasteiger partial charge in [0.1, 0.15) is 6.61 Å². The van der Waals surface area contributed by atoms with Gasteiger partial charge in [0.2, 0.25) is 5.91 Å². The molecule has 0 bridgehead atoms. The maximum atomic E-state index is 11.3. The third-order valence-electron chi connectivity index (χ3n) is 1.72. The lowest BCUT2D eigenvalue weighted by Crippen LogP contribution is -2.38. The van der Waals surface area contributed by atoms with E-state index in [4.69, 9.17) is 4.74 Å². The van der Waals surface area contributed by atoms with Gasteiger partial charge in [-0.3, -0.25) is 9.59 Å². The monoisotopic (exact) mass is 199 g/mol. The molecule has 14 heavy (non-hydrogen) atoms. The van der Waals surface area contributed by atoms with Gasteiger partial charge < -0.3 is 9.64 Å². The van der Waals surface area contributed by atoms with Crippen LogP contribution in [0.5, 0.6) is 0 Å². The van der Waals surface area contributed by atoms with Crippen LogP contribution in [0.15, 0.2) is 12.7 Å². The van der Waals surface area contributed by atoms with Crippen molar-refractivity contribution in [3.05, 3.63) is 12.7 Å². The number of amides is 1. The fraction of sp³-hybridized carbons (Fsp3) is 0.600. The smallest absolute Gasteiger partial charge is 0.302 e. The van der Waals surface area contributed by atoms with E-state index in [1.165, 1.54) is 13.0 Å². The molecule has 0 rings (SSSR count). The first-order chi connectivity index (χ1) is 6.49. The fourth-order valence-corrected chi connectivity index (χ4v) is 1.03. The van der Waals surface area contributed by atoms with E-state index >= 15 is 0 Å². The van der Waals surface area contributed by atoms with Crippen LogP contribution in [0, 0.1) is 0 Å². The topological polar surface area (TPSA) is 46.6 Å². The summed E-state index contributed by atoms with van der Waals surface area (Å²) in [6.45, 7) is 9.18. The zero-order valence-corrected chi connectivity index (χ0v) is 8.95. The van der Waals surface area contributed by atoms with Crippen LogP contribution in [0.4, 0.5) is 0 Å². The van der Waals surface area contributed by atoms with Crippen LogP contribution in [0.25, 0.3) is 0 Å². The molecule has 4 nitrogen and oxygen atoms in total. The van der Waals surface area contributed by atoms with Crippen LogP contribution in [0.1, 0.15) is 20.8 Å². The highest BCUT2D eigenvalue weighted by Crippen LogP contribution is 1.99. The second kappa shape index (κ2) is 6.18. The summed E-state index contributed by atoms with van der Waals surface area (Å²) in [5.41, 5.74) is 0. The lowest BCUT2D eigenvalue weighted by Gasteiger charge is -2.24. The Labute approximate surface area is 84.5 Å². The second-order valence-corrected chi connectivity index (χ2v) is 3.17. The minimum Gasteiger partial charge on any atom is -0.464 e. The first kappa shape index (κ1) is 12.7. The third kappa shape index (κ3) is 4.64. The van der Waals surface area contributed by atoms with Gasteiger partial charge in [0.15, 0.2) is 0 Å². The summed E-state index contributed by atoms with van der Waals surface area (Å²) in [6.07, 6.45) is 1.26. The van der Waals surface area contributed by atoms with Crippen LogP contribution >= 0.6 is 0 Å². The van der Waals surface area contributed by atoms with Crippen molar-refractivity contribution in [1.29, 1.82) is 0 Å². The van der Waals surface area contributed by atoms with E-state index in [-0.39, 0.29) is 24.5 Å². The highest BCUT2D eigenvalue weighted by molar-refractivity contribution is 5.87. The summed E-state index contributed by atoms with van der Waals surface area (Å²) in [4.78, 5) is 23.4. The SMILES string of the molecule is C=CC(=O)N(CCOC(C)=O)C(C)C. The minimum absolute atomic E-state index is 0.0797. The van der Waals surface area contributed by atoms with Crippen molar-refractivity contribution in [2.45, 2.75) is 26.8 Å². The molecule has 0 aromatic heterocycles. The van der Waals surface area contributed by atoms with Gasteiger partial charge in [-0.15, -0.1) is 0 Å². The molecule has 80 valence electrons. The Balaban J connectivity index is 4.04. The first-order valence-electron chi connectivity index (χ1n) is 4.55. The van der Waals surface area contributed by atoms with Crippen LogP contribution < -0.4 is 0 Å². The molecular formula is C10H17NO3. The van der Waals surface area contributed by atoms with Crippen molar-refractivity contribution >= 4 is 11.9 Å². The zero-order valence-electron chi connectivity index (χ0n) is 8.95. The maximum absolute atomic E-state index is 11.3. The average Bonchev–Trinajstić information content (AvgIpc) is 2.10. The van der Waals surface area contributed by atoms with Crippen LogP contribution in [0.2, 0.25) is 0 Å². The average molecular weight is 199 g/mol. The summed E-state index contributed by atoms with van der Waals surface area (Å²) in [6, 6.07) is 0.0797. The number of hydrogen-bond donors (Lipinski definition) is 0. The Bertz CT molecular complexity index is 223. The second-order valence-electron chi connectivity index (χ2n) is 3.17. The Morgan fingerprint density at radius 3 is 2.43 bits per heavy atom. The van der Waals surface area contributed by atoms with Crippen LogP contribution in [0.3, 0.4) is 0 Å². The molecule has 0 saturated carbocycles. The molecule has 0 aromatic rings. The van der Waals surface area contributed by atoms with Crippen molar-refractivity contribution in [2.24, 2.45) is 0 Å². The molecule has 4 heteroatoms. The molecule has 0 aromatic carbocycles. The van der Waals surface area contributed by atoms with Gasteiger partial charge in [-0.1, -0.05) is 6.58 Å². The summed E-state index contributed by atoms with van der Waals surface area (Å²) in [7, 11) is 0. The molecule has 0 saturated heterocycles. The number of ether oxygens (including phenoxy) is 1. The van der Waals surface area contributed by atoms with Gasteiger partial charge in [-0.05, 0) is 19.9 Å². The number of rotatable bonds is 5. The van der Waals surface area contributed by atoms with Gasteiger partial charge >= 0.3 is 5.97 Å². The van der Waals surface area contributed by atoms with E-state index in [0.29, 0.717) is 6.54 Å². The molecular weight excluding hydrogens is 182 g/mol. The Morgan fingerprint density at radius 2 is 2.07 bits per heavy atom. The summed E-state index contributed by atoms with van der Waals surface area (Å²) in [5, 5.41) is 0. The molecule has 0 radical (unpaired) electrons. The Morgan fingerprint density at radius 1 is 1.50 bits per heavy atom. The number of carbonyl (C=O) groups excluding carboxylic acids is 2. The molecule has 0 aliphatic heterocycles. The van der Waals surface area contributed by atoms with Gasteiger partial charge in [0.05, 0.1) is 6.54 Å². The summed E-state index contributed by atoms with van der Waals surface area (Å²) >= 11 is 0. The first-order valence-corrected chi connectivity index (χ1v) is 4.55. The molecule has 0 aliphatic rings. The molecule has 1 amide bonds. The fourth-order valence-electron chi connectivity index (χ4n) is 1.03. The number of hydrogen-bond acceptors (Lipinski definition) is 3. The van der Waals surface area contributed by atoms with E-state index in [1.807, 2.05) is 13.8 Å². The normalized spacial score (nSPS) is 9.71. The van der Waals surface area contributed by atoms with E-state index < -0.39 is 0 Å². The molecule has 0 heterocycles. The van der Waals surface area contributed by atoms with E-state index in [1.54, 1.807) is 4.90 Å². The predicted molar refractivity (Wildman–Crippen MR) is 53.7 cm³/mol. The summed E-state index contributed by atoms with van der Waals surface area (Å²) < 4.78 is 4.75. The van der Waals surface area contributed by atoms with E-state index in [0.717, 1.165) is 0 Å². The molecule has 0 spiro atoms. The van der Waals surface area contributed by atoms with E-state index in [2.05, 4.69) is 6.58 Å². The molecule has 0 aliphatic carbocycles. The van der Waals surface area contributed by atoms with Gasteiger partial charge in [-0.2, -0.15) is 0 Å². The van der Waals surface area contributed by atoms with Crippen molar-refractivity contribution in [2.75, 3.05) is 13.2 Å². The van der Waals surface area contributed by atoms with Gasteiger partial charge in [0, 0.05) is 13.0 Å². The summed E-state index contributed by atoms with van der Waals surface area (Å²) in [5.74, 6) is -0.480. The third-order valence-corrected chi connectivity index (χ3v) is 1.72. The highest BCUT2D eigenvalue weighted by atomic mass is 16.5. The standard InChI is InChI=1S/C10H17NO3/c1-5-10(13)11(8(2)3)6-7-14-9(4)12/h5,8H,1,6-7H2,2-4H3. The Kier molecular flexibility index (Phi) is 5.60. The molecule has 0 fully saturated rings. The van der Waals surface area contributed by atoms with Crippen LogP contribution in [-0.2, 0) is 14.3 Å². The van der Waals surface area contributed by atoms with Crippen molar-refractivity contribution in [1.82, 2.24) is 4.90 Å². The lowest BCUT2D eigenvalue weighted by molar-refractivity contribution is -0.143. The van der Waals surface area contributed by atoms with Crippen LogP contribution in [-0.4, -0.2) is 36.0 Å².